The molecule has 3 aromatic rings. The van der Waals surface area contributed by atoms with E-state index in [1.807, 2.05) is 0 Å². The van der Waals surface area contributed by atoms with Crippen LogP contribution in [-0.4, -0.2) is 31.3 Å². The highest BCUT2D eigenvalue weighted by atomic mass is 35.5. The summed E-state index contributed by atoms with van der Waals surface area (Å²) in [6.45, 7) is 0. The molecule has 1 aromatic carbocycles. The predicted molar refractivity (Wildman–Crippen MR) is 108 cm³/mol. The zero-order chi connectivity index (χ0) is 20.3. The van der Waals surface area contributed by atoms with Crippen molar-refractivity contribution >= 4 is 44.8 Å². The van der Waals surface area contributed by atoms with Gasteiger partial charge < -0.3 is 5.32 Å². The van der Waals surface area contributed by atoms with Crippen molar-refractivity contribution in [2.75, 3.05) is 11.8 Å². The molecule has 28 heavy (non-hydrogen) atoms. The van der Waals surface area contributed by atoms with Gasteiger partial charge in [-0.1, -0.05) is 23.2 Å². The van der Waals surface area contributed by atoms with Gasteiger partial charge in [0.25, 0.3) is 15.9 Å². The van der Waals surface area contributed by atoms with Crippen LogP contribution in [0.1, 0.15) is 10.4 Å². The lowest BCUT2D eigenvalue weighted by atomic mass is 10.1. The molecule has 0 aliphatic carbocycles. The number of sulfonamides is 1. The molecule has 0 fully saturated rings. The van der Waals surface area contributed by atoms with E-state index in [-0.39, 0.29) is 21.6 Å². The van der Waals surface area contributed by atoms with Crippen molar-refractivity contribution < 1.29 is 13.2 Å². The molecule has 7 nitrogen and oxygen atoms in total. The quantitative estimate of drug-likeness (QED) is 0.594. The fraction of sp³-hybridized carbons (Fsp3) is 0.0556. The van der Waals surface area contributed by atoms with E-state index in [0.29, 0.717) is 21.7 Å². The normalized spacial score (nSPS) is 11.1. The molecular formula is C18H14Cl2N4O3S. The summed E-state index contributed by atoms with van der Waals surface area (Å²) in [6.07, 6.45) is 4.43. The van der Waals surface area contributed by atoms with Gasteiger partial charge in [0.2, 0.25) is 0 Å². The van der Waals surface area contributed by atoms with Gasteiger partial charge >= 0.3 is 0 Å². The number of rotatable bonds is 5. The van der Waals surface area contributed by atoms with Crippen molar-refractivity contribution in [1.29, 1.82) is 0 Å². The first-order chi connectivity index (χ1) is 13.3. The molecule has 0 aliphatic rings. The Kier molecular flexibility index (Phi) is 5.83. The van der Waals surface area contributed by atoms with Gasteiger partial charge in [-0.05, 0) is 36.4 Å². The third-order valence-electron chi connectivity index (χ3n) is 3.77. The maximum atomic E-state index is 12.6. The van der Waals surface area contributed by atoms with E-state index >= 15 is 0 Å². The number of amides is 1. The molecule has 0 atom stereocenters. The summed E-state index contributed by atoms with van der Waals surface area (Å²) < 4.78 is 27.6. The van der Waals surface area contributed by atoms with Crippen molar-refractivity contribution in [3.63, 3.8) is 0 Å². The Balaban J connectivity index is 1.96. The van der Waals surface area contributed by atoms with E-state index in [1.165, 1.54) is 56.0 Å². The number of nitrogens with one attached hydrogen (secondary N) is 2. The number of carbonyl (C=O) groups excluding carboxylic acids is 1. The molecule has 144 valence electrons. The topological polar surface area (TPSA) is 101 Å². The van der Waals surface area contributed by atoms with Crippen molar-refractivity contribution in [3.05, 3.63) is 70.7 Å². The van der Waals surface area contributed by atoms with E-state index in [1.54, 1.807) is 6.07 Å². The maximum Gasteiger partial charge on any atom is 0.261 e. The highest BCUT2D eigenvalue weighted by molar-refractivity contribution is 7.92. The smallest absolute Gasteiger partial charge is 0.261 e. The second-order valence-electron chi connectivity index (χ2n) is 5.66. The number of benzene rings is 1. The number of pyridine rings is 2. The van der Waals surface area contributed by atoms with Crippen LogP contribution >= 0.6 is 23.2 Å². The van der Waals surface area contributed by atoms with Gasteiger partial charge in [0.05, 0.1) is 16.1 Å². The Bertz CT molecular complexity index is 1140. The van der Waals surface area contributed by atoms with Crippen LogP contribution in [0.4, 0.5) is 5.69 Å². The van der Waals surface area contributed by atoms with Crippen molar-refractivity contribution in [2.45, 2.75) is 4.90 Å². The number of hydrogen-bond donors (Lipinski definition) is 2. The first-order valence-electron chi connectivity index (χ1n) is 7.91. The lowest BCUT2D eigenvalue weighted by Gasteiger charge is -2.11. The molecule has 0 saturated heterocycles. The van der Waals surface area contributed by atoms with Gasteiger partial charge in [0.15, 0.2) is 5.15 Å². The molecule has 2 aromatic heterocycles. The fourth-order valence-electron chi connectivity index (χ4n) is 2.36. The van der Waals surface area contributed by atoms with Gasteiger partial charge in [0.1, 0.15) is 0 Å². The van der Waals surface area contributed by atoms with Gasteiger partial charge in [-0.15, -0.1) is 0 Å². The van der Waals surface area contributed by atoms with E-state index in [0.717, 1.165) is 0 Å². The first-order valence-corrected chi connectivity index (χ1v) is 10.2. The molecule has 0 saturated carbocycles. The Morgan fingerprint density at radius 2 is 1.68 bits per heavy atom. The standard InChI is InChI=1S/C18H14Cl2N4O3S/c1-21-18(25)13-6-11(8-22-9-13)12-7-16(17(20)23-10-12)24-28(26,27)15-4-2-14(19)3-5-15/h2-10,24H,1H3,(H,21,25). The number of aromatic nitrogens is 2. The lowest BCUT2D eigenvalue weighted by Crippen LogP contribution is -2.17. The number of nitrogens with zero attached hydrogens (tertiary/aromatic N) is 2. The van der Waals surface area contributed by atoms with Gasteiger partial charge in [-0.3, -0.25) is 14.5 Å². The van der Waals surface area contributed by atoms with Crippen molar-refractivity contribution in [3.8, 4) is 11.1 Å². The minimum Gasteiger partial charge on any atom is -0.355 e. The maximum absolute atomic E-state index is 12.6. The van der Waals surface area contributed by atoms with Crippen LogP contribution in [0, 0.1) is 0 Å². The fourth-order valence-corrected chi connectivity index (χ4v) is 3.75. The molecule has 2 heterocycles. The van der Waals surface area contributed by atoms with E-state index in [4.69, 9.17) is 23.2 Å². The highest BCUT2D eigenvalue weighted by Crippen LogP contribution is 2.29. The van der Waals surface area contributed by atoms with Gasteiger partial charge in [0, 0.05) is 41.8 Å². The summed E-state index contributed by atoms with van der Waals surface area (Å²) in [5.74, 6) is -0.292. The number of anilines is 1. The summed E-state index contributed by atoms with van der Waals surface area (Å²) in [4.78, 5) is 19.9. The molecule has 1 amide bonds. The highest BCUT2D eigenvalue weighted by Gasteiger charge is 2.17. The Hall–Kier alpha value is -2.68. The van der Waals surface area contributed by atoms with E-state index < -0.39 is 10.0 Å². The van der Waals surface area contributed by atoms with Crippen LogP contribution in [-0.2, 0) is 10.0 Å². The number of carbonyl (C=O) groups is 1. The van der Waals surface area contributed by atoms with Crippen LogP contribution in [0.25, 0.3) is 11.1 Å². The minimum absolute atomic E-state index is 0.0169. The first kappa shape index (κ1) is 20.1. The summed E-state index contributed by atoms with van der Waals surface area (Å²) >= 11 is 11.9. The molecule has 0 aliphatic heterocycles. The molecule has 0 bridgehead atoms. The Labute approximate surface area is 171 Å². The van der Waals surface area contributed by atoms with Crippen molar-refractivity contribution in [1.82, 2.24) is 15.3 Å². The van der Waals surface area contributed by atoms with Crippen molar-refractivity contribution in [2.24, 2.45) is 0 Å². The predicted octanol–water partition coefficient (Wildman–Crippen LogP) is 3.61. The summed E-state index contributed by atoms with van der Waals surface area (Å²) in [5.41, 5.74) is 1.58. The average molecular weight is 437 g/mol. The monoisotopic (exact) mass is 436 g/mol. The van der Waals surface area contributed by atoms with E-state index in [2.05, 4.69) is 20.0 Å². The third-order valence-corrected chi connectivity index (χ3v) is 5.70. The lowest BCUT2D eigenvalue weighted by molar-refractivity contribution is 0.0962. The van der Waals surface area contributed by atoms with Crippen LogP contribution < -0.4 is 10.0 Å². The molecule has 0 spiro atoms. The molecule has 2 N–H and O–H groups in total. The average Bonchev–Trinajstić information content (AvgIpc) is 2.69. The second kappa shape index (κ2) is 8.14. The second-order valence-corrected chi connectivity index (χ2v) is 8.14. The molecule has 10 heteroatoms. The minimum atomic E-state index is -3.89. The number of halogens is 2. The summed E-state index contributed by atoms with van der Waals surface area (Å²) in [5, 5.41) is 2.92. The molecule has 0 unspecified atom stereocenters. The van der Waals surface area contributed by atoms with Crippen LogP contribution in [0.2, 0.25) is 10.2 Å². The van der Waals surface area contributed by atoms with Crippen LogP contribution in [0.3, 0.4) is 0 Å². The van der Waals surface area contributed by atoms with Gasteiger partial charge in [-0.2, -0.15) is 0 Å². The van der Waals surface area contributed by atoms with Crippen LogP contribution in [0.15, 0.2) is 59.9 Å². The zero-order valence-corrected chi connectivity index (χ0v) is 16.8. The van der Waals surface area contributed by atoms with Crippen LogP contribution in [0.5, 0.6) is 0 Å². The zero-order valence-electron chi connectivity index (χ0n) is 14.5. The van der Waals surface area contributed by atoms with Gasteiger partial charge in [-0.25, -0.2) is 13.4 Å². The van der Waals surface area contributed by atoms with E-state index in [9.17, 15) is 13.2 Å². The third kappa shape index (κ3) is 4.41. The number of hydrogen-bond acceptors (Lipinski definition) is 5. The Morgan fingerprint density at radius 1 is 1.00 bits per heavy atom. The molecular weight excluding hydrogens is 423 g/mol. The largest absolute Gasteiger partial charge is 0.355 e. The molecule has 3 rings (SSSR count). The Morgan fingerprint density at radius 3 is 2.36 bits per heavy atom. The summed E-state index contributed by atoms with van der Waals surface area (Å²) in [6, 6.07) is 8.85. The molecule has 0 radical (unpaired) electrons. The SMILES string of the molecule is CNC(=O)c1cncc(-c2cnc(Cl)c(NS(=O)(=O)c3ccc(Cl)cc3)c2)c1. The summed E-state index contributed by atoms with van der Waals surface area (Å²) in [7, 11) is -2.37.